The van der Waals surface area contributed by atoms with Gasteiger partial charge in [0.1, 0.15) is 5.75 Å². The van der Waals surface area contributed by atoms with Crippen LogP contribution in [0.4, 0.5) is 5.69 Å². The summed E-state index contributed by atoms with van der Waals surface area (Å²) in [5, 5.41) is 0.384. The molecule has 2 aliphatic heterocycles. The molecule has 3 heterocycles. The van der Waals surface area contributed by atoms with Crippen molar-refractivity contribution in [3.63, 3.8) is 0 Å². The zero-order valence-electron chi connectivity index (χ0n) is 19.2. The van der Waals surface area contributed by atoms with Gasteiger partial charge in [0.2, 0.25) is 0 Å². The van der Waals surface area contributed by atoms with E-state index in [2.05, 4.69) is 9.88 Å². The number of hydrogen-bond donors (Lipinski definition) is 1. The number of anilines is 1. The summed E-state index contributed by atoms with van der Waals surface area (Å²) in [6.45, 7) is 3.39. The van der Waals surface area contributed by atoms with E-state index in [-0.39, 0.29) is 24.1 Å². The van der Waals surface area contributed by atoms with Crippen molar-refractivity contribution in [2.45, 2.75) is 25.5 Å². The van der Waals surface area contributed by atoms with Crippen LogP contribution in [0.25, 0.3) is 10.9 Å². The van der Waals surface area contributed by atoms with Crippen LogP contribution in [0.1, 0.15) is 23.2 Å². The molecule has 5 rings (SSSR count). The maximum absolute atomic E-state index is 13.2. The lowest BCUT2D eigenvalue weighted by Gasteiger charge is -2.36. The van der Waals surface area contributed by atoms with Crippen LogP contribution in [0.15, 0.2) is 52.1 Å². The maximum Gasteiger partial charge on any atom is 0.328 e. The Morgan fingerprint density at radius 2 is 1.91 bits per heavy atom. The van der Waals surface area contributed by atoms with E-state index in [1.807, 2.05) is 24.3 Å². The monoisotopic (exact) mass is 464 g/mol. The molecule has 0 saturated carbocycles. The van der Waals surface area contributed by atoms with Crippen molar-refractivity contribution in [3.05, 3.63) is 68.9 Å². The van der Waals surface area contributed by atoms with Crippen LogP contribution < -0.4 is 20.9 Å². The van der Waals surface area contributed by atoms with Crippen molar-refractivity contribution >= 4 is 22.5 Å². The summed E-state index contributed by atoms with van der Waals surface area (Å²) in [6.07, 6.45) is 1.65. The molecule has 3 aromatic rings. The average Bonchev–Trinajstić information content (AvgIpc) is 3.39. The van der Waals surface area contributed by atoms with E-state index in [1.54, 1.807) is 30.2 Å². The van der Waals surface area contributed by atoms with Gasteiger partial charge in [-0.25, -0.2) is 4.79 Å². The van der Waals surface area contributed by atoms with Gasteiger partial charge in [0.05, 0.1) is 36.3 Å². The highest BCUT2D eigenvalue weighted by Gasteiger charge is 2.24. The molecule has 9 nitrogen and oxygen atoms in total. The van der Waals surface area contributed by atoms with Gasteiger partial charge in [-0.05, 0) is 43.2 Å². The fourth-order valence-corrected chi connectivity index (χ4v) is 4.77. The summed E-state index contributed by atoms with van der Waals surface area (Å²) in [5.74, 6) is 0.692. The largest absolute Gasteiger partial charge is 0.495 e. The van der Waals surface area contributed by atoms with Crippen LogP contribution in [-0.2, 0) is 11.3 Å². The predicted molar refractivity (Wildman–Crippen MR) is 129 cm³/mol. The maximum atomic E-state index is 13.2. The summed E-state index contributed by atoms with van der Waals surface area (Å²) < 4.78 is 12.2. The number of carbonyl (C=O) groups excluding carboxylic acids is 1. The van der Waals surface area contributed by atoms with Crippen molar-refractivity contribution in [1.82, 2.24) is 14.5 Å². The summed E-state index contributed by atoms with van der Waals surface area (Å²) in [6, 6.07) is 12.7. The second kappa shape index (κ2) is 9.34. The van der Waals surface area contributed by atoms with E-state index in [0.717, 1.165) is 24.3 Å². The quantitative estimate of drug-likeness (QED) is 0.619. The van der Waals surface area contributed by atoms with E-state index in [0.29, 0.717) is 49.3 Å². The second-order valence-corrected chi connectivity index (χ2v) is 8.69. The molecule has 1 N–H and O–H groups in total. The van der Waals surface area contributed by atoms with Gasteiger partial charge in [-0.3, -0.25) is 14.2 Å². The first kappa shape index (κ1) is 22.2. The Labute approximate surface area is 196 Å². The van der Waals surface area contributed by atoms with Crippen LogP contribution in [0, 0.1) is 0 Å². The number of methoxy groups -OCH3 is 1. The van der Waals surface area contributed by atoms with Crippen molar-refractivity contribution < 1.29 is 14.3 Å². The van der Waals surface area contributed by atoms with E-state index < -0.39 is 5.69 Å². The number of nitrogens with one attached hydrogen (secondary N) is 1. The highest BCUT2D eigenvalue weighted by atomic mass is 16.5. The molecule has 2 saturated heterocycles. The zero-order chi connectivity index (χ0) is 23.7. The molecule has 2 aliphatic rings. The van der Waals surface area contributed by atoms with Gasteiger partial charge in [0.15, 0.2) is 0 Å². The molecule has 1 unspecified atom stereocenters. The van der Waals surface area contributed by atoms with Gasteiger partial charge >= 0.3 is 5.69 Å². The van der Waals surface area contributed by atoms with Crippen LogP contribution in [-0.4, -0.2) is 66.4 Å². The molecule has 2 aromatic carbocycles. The molecule has 178 valence electrons. The minimum absolute atomic E-state index is 0.119. The lowest BCUT2D eigenvalue weighted by Crippen LogP contribution is -2.48. The smallest absolute Gasteiger partial charge is 0.328 e. The number of ether oxygens (including phenoxy) is 2. The third-order valence-electron chi connectivity index (χ3n) is 6.63. The van der Waals surface area contributed by atoms with E-state index in [4.69, 9.17) is 9.47 Å². The van der Waals surface area contributed by atoms with Gasteiger partial charge in [-0.2, -0.15) is 0 Å². The van der Waals surface area contributed by atoms with Crippen LogP contribution in [0.5, 0.6) is 5.75 Å². The summed E-state index contributed by atoms with van der Waals surface area (Å²) in [5.41, 5.74) is 0.989. The molecule has 34 heavy (non-hydrogen) atoms. The van der Waals surface area contributed by atoms with Crippen LogP contribution >= 0.6 is 0 Å². The van der Waals surface area contributed by atoms with Gasteiger partial charge in [0, 0.05) is 38.3 Å². The van der Waals surface area contributed by atoms with Crippen molar-refractivity contribution in [1.29, 1.82) is 0 Å². The number of nitrogens with zero attached hydrogens (tertiary/aromatic N) is 3. The summed E-state index contributed by atoms with van der Waals surface area (Å²) in [7, 11) is 1.65. The topological polar surface area (TPSA) is 96.9 Å². The fourth-order valence-electron chi connectivity index (χ4n) is 4.77. The van der Waals surface area contributed by atoms with Crippen molar-refractivity contribution in [3.8, 4) is 5.75 Å². The summed E-state index contributed by atoms with van der Waals surface area (Å²) >= 11 is 0. The number of amides is 1. The van der Waals surface area contributed by atoms with Gasteiger partial charge in [-0.15, -0.1) is 0 Å². The number of carbonyl (C=O) groups is 1. The Bertz CT molecular complexity index is 1320. The Morgan fingerprint density at radius 1 is 1.12 bits per heavy atom. The minimum atomic E-state index is -0.483. The second-order valence-electron chi connectivity index (χ2n) is 8.69. The van der Waals surface area contributed by atoms with Gasteiger partial charge in [-0.1, -0.05) is 12.1 Å². The Balaban J connectivity index is 1.33. The molecule has 1 amide bonds. The normalized spacial score (nSPS) is 18.4. The number of benzene rings is 2. The van der Waals surface area contributed by atoms with Crippen molar-refractivity contribution in [2.75, 3.05) is 44.8 Å². The molecular formula is C25H28N4O5. The predicted octanol–water partition coefficient (Wildman–Crippen LogP) is 1.84. The van der Waals surface area contributed by atoms with E-state index in [1.165, 1.54) is 4.57 Å². The SMILES string of the molecule is COc1ccccc1N1CCN(C(=O)c2ccc3c(=O)n(CC4CCCO4)c(=O)[nH]c3c2)CC1. The van der Waals surface area contributed by atoms with Crippen molar-refractivity contribution in [2.24, 2.45) is 0 Å². The number of hydrogen-bond acceptors (Lipinski definition) is 6. The van der Waals surface area contributed by atoms with Gasteiger partial charge in [0.25, 0.3) is 11.5 Å². The third kappa shape index (κ3) is 4.19. The average molecular weight is 465 g/mol. The Kier molecular flexibility index (Phi) is 6.10. The molecular weight excluding hydrogens is 436 g/mol. The first-order chi connectivity index (χ1) is 16.5. The molecule has 0 spiro atoms. The lowest BCUT2D eigenvalue weighted by atomic mass is 10.1. The number of H-pyrrole nitrogens is 1. The molecule has 0 aliphatic carbocycles. The third-order valence-corrected chi connectivity index (χ3v) is 6.63. The van der Waals surface area contributed by atoms with Gasteiger partial charge < -0.3 is 24.3 Å². The molecule has 0 bridgehead atoms. The Morgan fingerprint density at radius 3 is 2.65 bits per heavy atom. The molecule has 2 fully saturated rings. The first-order valence-corrected chi connectivity index (χ1v) is 11.6. The van der Waals surface area contributed by atoms with Crippen LogP contribution in [0.3, 0.4) is 0 Å². The number of rotatable bonds is 5. The summed E-state index contributed by atoms with van der Waals surface area (Å²) in [4.78, 5) is 45.4. The highest BCUT2D eigenvalue weighted by molar-refractivity contribution is 5.97. The van der Waals surface area contributed by atoms with E-state index in [9.17, 15) is 14.4 Å². The molecule has 9 heteroatoms. The Hall–Kier alpha value is -3.59. The highest BCUT2D eigenvalue weighted by Crippen LogP contribution is 2.28. The fraction of sp³-hybridized carbons (Fsp3) is 0.400. The number of para-hydroxylation sites is 2. The number of fused-ring (bicyclic) bond motifs is 1. The number of aromatic nitrogens is 2. The zero-order valence-corrected chi connectivity index (χ0v) is 19.2. The standard InChI is InChI=1S/C25H28N4O5/c1-33-22-7-3-2-6-21(22)27-10-12-28(13-11-27)23(30)17-8-9-19-20(15-17)26-25(32)29(24(19)31)16-18-5-4-14-34-18/h2-3,6-9,15,18H,4-5,10-14,16H2,1H3,(H,26,32). The number of piperazine rings is 1. The number of aromatic amines is 1. The lowest BCUT2D eigenvalue weighted by molar-refractivity contribution is 0.0747. The molecule has 0 radical (unpaired) electrons. The van der Waals surface area contributed by atoms with E-state index >= 15 is 0 Å². The minimum Gasteiger partial charge on any atom is -0.495 e. The molecule has 1 aromatic heterocycles. The van der Waals surface area contributed by atoms with Crippen LogP contribution in [0.2, 0.25) is 0 Å². The first-order valence-electron chi connectivity index (χ1n) is 11.6. The molecule has 1 atom stereocenters.